The molecule has 17 heavy (non-hydrogen) atoms. The van der Waals surface area contributed by atoms with Gasteiger partial charge in [0.05, 0.1) is 11.7 Å². The van der Waals surface area contributed by atoms with Gasteiger partial charge in [-0.1, -0.05) is 6.08 Å². The molecule has 2 heteroatoms. The fourth-order valence-corrected chi connectivity index (χ4v) is 5.02. The van der Waals surface area contributed by atoms with E-state index >= 15 is 0 Å². The van der Waals surface area contributed by atoms with Gasteiger partial charge in [0.25, 0.3) is 0 Å². The highest BCUT2D eigenvalue weighted by molar-refractivity contribution is 5.07. The maximum Gasteiger partial charge on any atom is 0.0880 e. The normalized spacial score (nSPS) is 56.9. The topological polar surface area (TPSA) is 40.5 Å². The first kappa shape index (κ1) is 11.7. The Balaban J connectivity index is 1.78. The van der Waals surface area contributed by atoms with Crippen LogP contribution < -0.4 is 0 Å². The average molecular weight is 236 g/mol. The van der Waals surface area contributed by atoms with Crippen molar-refractivity contribution in [3.05, 3.63) is 12.7 Å². The zero-order valence-corrected chi connectivity index (χ0v) is 10.7. The summed E-state index contributed by atoms with van der Waals surface area (Å²) in [5.41, 5.74) is -0.848. The Hall–Kier alpha value is -0.340. The molecule has 3 aliphatic rings. The molecule has 7 unspecified atom stereocenters. The number of aliphatic hydroxyl groups excluding tert-OH is 1. The second kappa shape index (κ2) is 3.83. The zero-order valence-electron chi connectivity index (χ0n) is 10.7. The summed E-state index contributed by atoms with van der Waals surface area (Å²) in [6.07, 6.45) is 6.94. The van der Waals surface area contributed by atoms with Gasteiger partial charge >= 0.3 is 0 Å². The van der Waals surface area contributed by atoms with Gasteiger partial charge < -0.3 is 10.2 Å². The number of aliphatic hydroxyl groups is 2. The highest BCUT2D eigenvalue weighted by Crippen LogP contribution is 2.61. The minimum atomic E-state index is -0.848. The van der Waals surface area contributed by atoms with Crippen LogP contribution in [0, 0.1) is 29.6 Å². The Bertz CT molecular complexity index is 323. The van der Waals surface area contributed by atoms with Gasteiger partial charge in [-0.15, -0.1) is 6.58 Å². The molecule has 0 spiro atoms. The molecule has 3 saturated carbocycles. The Morgan fingerprint density at radius 1 is 1.24 bits per heavy atom. The van der Waals surface area contributed by atoms with Crippen molar-refractivity contribution in [3.63, 3.8) is 0 Å². The Kier molecular flexibility index (Phi) is 2.64. The molecule has 7 atom stereocenters. The van der Waals surface area contributed by atoms with E-state index in [9.17, 15) is 10.2 Å². The van der Waals surface area contributed by atoms with Crippen LogP contribution in [0.15, 0.2) is 12.7 Å². The lowest BCUT2D eigenvalue weighted by molar-refractivity contribution is -0.129. The fourth-order valence-electron chi connectivity index (χ4n) is 5.02. The van der Waals surface area contributed by atoms with Crippen molar-refractivity contribution in [2.24, 2.45) is 29.6 Å². The van der Waals surface area contributed by atoms with Crippen LogP contribution >= 0.6 is 0 Å². The SMILES string of the molecule is C=CCC1CC2CC1C1CC(O)C(C)(O)CC21. The van der Waals surface area contributed by atoms with Gasteiger partial charge in [-0.2, -0.15) is 0 Å². The maximum atomic E-state index is 10.2. The van der Waals surface area contributed by atoms with E-state index in [1.54, 1.807) is 6.92 Å². The van der Waals surface area contributed by atoms with Crippen LogP contribution in [0.5, 0.6) is 0 Å². The maximum absolute atomic E-state index is 10.2. The molecule has 2 N–H and O–H groups in total. The van der Waals surface area contributed by atoms with E-state index in [0.29, 0.717) is 11.8 Å². The van der Waals surface area contributed by atoms with E-state index in [1.165, 1.54) is 12.8 Å². The molecule has 0 aromatic heterocycles. The first-order valence-corrected chi connectivity index (χ1v) is 7.04. The summed E-state index contributed by atoms with van der Waals surface area (Å²) < 4.78 is 0. The Labute approximate surface area is 104 Å². The average Bonchev–Trinajstić information content (AvgIpc) is 2.78. The monoisotopic (exact) mass is 236 g/mol. The van der Waals surface area contributed by atoms with Crippen LogP contribution in [0.25, 0.3) is 0 Å². The molecule has 3 aliphatic carbocycles. The molecule has 3 rings (SSSR count). The summed E-state index contributed by atoms with van der Waals surface area (Å²) in [5, 5.41) is 20.3. The van der Waals surface area contributed by atoms with Gasteiger partial charge in [-0.25, -0.2) is 0 Å². The molecule has 0 heterocycles. The number of rotatable bonds is 2. The molecule has 0 saturated heterocycles. The predicted octanol–water partition coefficient (Wildman–Crippen LogP) is 2.36. The summed E-state index contributed by atoms with van der Waals surface area (Å²) in [5.74, 6) is 3.71. The number of hydrogen-bond donors (Lipinski definition) is 2. The van der Waals surface area contributed by atoms with Crippen LogP contribution in [0.1, 0.15) is 39.0 Å². The molecular weight excluding hydrogens is 212 g/mol. The fraction of sp³-hybridized carbons (Fsp3) is 0.867. The first-order chi connectivity index (χ1) is 8.03. The second-order valence-corrected chi connectivity index (χ2v) is 6.82. The van der Waals surface area contributed by atoms with Gasteiger partial charge in [0, 0.05) is 0 Å². The third-order valence-corrected chi connectivity index (χ3v) is 5.82. The van der Waals surface area contributed by atoms with Crippen LogP contribution in [-0.4, -0.2) is 21.9 Å². The van der Waals surface area contributed by atoms with Gasteiger partial charge in [-0.3, -0.25) is 0 Å². The molecular formula is C15H24O2. The van der Waals surface area contributed by atoms with E-state index in [0.717, 1.165) is 37.0 Å². The molecule has 0 aliphatic heterocycles. The van der Waals surface area contributed by atoms with E-state index in [1.807, 2.05) is 0 Å². The van der Waals surface area contributed by atoms with Gasteiger partial charge in [-0.05, 0) is 68.6 Å². The Morgan fingerprint density at radius 3 is 2.71 bits per heavy atom. The molecule has 2 nitrogen and oxygen atoms in total. The van der Waals surface area contributed by atoms with E-state index in [2.05, 4.69) is 12.7 Å². The lowest BCUT2D eigenvalue weighted by Gasteiger charge is -2.46. The summed E-state index contributed by atoms with van der Waals surface area (Å²) in [4.78, 5) is 0. The van der Waals surface area contributed by atoms with Crippen molar-refractivity contribution in [2.45, 2.75) is 50.7 Å². The minimum absolute atomic E-state index is 0.521. The van der Waals surface area contributed by atoms with Gasteiger partial charge in [0.15, 0.2) is 0 Å². The number of hydrogen-bond acceptors (Lipinski definition) is 2. The third-order valence-electron chi connectivity index (χ3n) is 5.82. The van der Waals surface area contributed by atoms with Crippen molar-refractivity contribution < 1.29 is 10.2 Å². The number of allylic oxidation sites excluding steroid dienone is 1. The summed E-state index contributed by atoms with van der Waals surface area (Å²) in [6, 6.07) is 0. The van der Waals surface area contributed by atoms with Crippen molar-refractivity contribution in [2.75, 3.05) is 0 Å². The summed E-state index contributed by atoms with van der Waals surface area (Å²) >= 11 is 0. The summed E-state index contributed by atoms with van der Waals surface area (Å²) in [6.45, 7) is 5.67. The molecule has 0 amide bonds. The molecule has 3 fully saturated rings. The first-order valence-electron chi connectivity index (χ1n) is 7.04. The largest absolute Gasteiger partial charge is 0.390 e. The lowest BCUT2D eigenvalue weighted by atomic mass is 9.62. The molecule has 0 aromatic rings. The van der Waals surface area contributed by atoms with Crippen molar-refractivity contribution >= 4 is 0 Å². The van der Waals surface area contributed by atoms with E-state index in [-0.39, 0.29) is 0 Å². The molecule has 96 valence electrons. The van der Waals surface area contributed by atoms with Gasteiger partial charge in [0.1, 0.15) is 0 Å². The van der Waals surface area contributed by atoms with Crippen molar-refractivity contribution in [3.8, 4) is 0 Å². The Morgan fingerprint density at radius 2 is 2.00 bits per heavy atom. The highest BCUT2D eigenvalue weighted by Gasteiger charge is 2.57. The zero-order chi connectivity index (χ0) is 12.2. The van der Waals surface area contributed by atoms with E-state index < -0.39 is 11.7 Å². The lowest BCUT2D eigenvalue weighted by Crippen LogP contribution is -2.50. The van der Waals surface area contributed by atoms with Crippen LogP contribution in [0.4, 0.5) is 0 Å². The molecule has 2 bridgehead atoms. The standard InChI is InChI=1S/C15H24O2/c1-3-4-9-5-10-6-11(9)12-7-14(16)15(2,17)8-13(10)12/h3,9-14,16-17H,1,4-8H2,2H3. The number of fused-ring (bicyclic) bond motifs is 5. The van der Waals surface area contributed by atoms with Crippen LogP contribution in [0.2, 0.25) is 0 Å². The predicted molar refractivity (Wildman–Crippen MR) is 67.4 cm³/mol. The second-order valence-electron chi connectivity index (χ2n) is 6.82. The summed E-state index contributed by atoms with van der Waals surface area (Å²) in [7, 11) is 0. The quantitative estimate of drug-likeness (QED) is 0.723. The van der Waals surface area contributed by atoms with E-state index in [4.69, 9.17) is 0 Å². The highest BCUT2D eigenvalue weighted by atomic mass is 16.3. The molecule has 0 aromatic carbocycles. The smallest absolute Gasteiger partial charge is 0.0880 e. The van der Waals surface area contributed by atoms with Crippen molar-refractivity contribution in [1.29, 1.82) is 0 Å². The van der Waals surface area contributed by atoms with Crippen LogP contribution in [-0.2, 0) is 0 Å². The van der Waals surface area contributed by atoms with Crippen molar-refractivity contribution in [1.82, 2.24) is 0 Å². The minimum Gasteiger partial charge on any atom is -0.390 e. The molecule has 0 radical (unpaired) electrons. The van der Waals surface area contributed by atoms with Crippen LogP contribution in [0.3, 0.4) is 0 Å². The van der Waals surface area contributed by atoms with Gasteiger partial charge in [0.2, 0.25) is 0 Å². The third kappa shape index (κ3) is 1.68.